The first-order valence-corrected chi connectivity index (χ1v) is 7.68. The average Bonchev–Trinajstić information content (AvgIpc) is 2.47. The molecule has 0 aliphatic carbocycles. The zero-order valence-corrected chi connectivity index (χ0v) is 12.0. The van der Waals surface area contributed by atoms with Crippen molar-refractivity contribution in [2.45, 2.75) is 19.0 Å². The van der Waals surface area contributed by atoms with E-state index in [2.05, 4.69) is 10.3 Å². The molecule has 0 saturated carbocycles. The predicted molar refractivity (Wildman–Crippen MR) is 79.4 cm³/mol. The summed E-state index contributed by atoms with van der Waals surface area (Å²) in [7, 11) is 0. The third-order valence-corrected chi connectivity index (χ3v) is 4.66. The highest BCUT2D eigenvalue weighted by Crippen LogP contribution is 2.25. The van der Waals surface area contributed by atoms with Gasteiger partial charge in [-0.2, -0.15) is 4.31 Å². The van der Waals surface area contributed by atoms with Gasteiger partial charge in [0.25, 0.3) is 0 Å². The summed E-state index contributed by atoms with van der Waals surface area (Å²) in [6, 6.07) is 10.1. The quantitative estimate of drug-likeness (QED) is 0.827. The van der Waals surface area contributed by atoms with Crippen LogP contribution in [0.25, 0.3) is 10.8 Å². The molecular weight excluding hydrogens is 274 g/mol. The monoisotopic (exact) mass is 291 g/mol. The zero-order valence-electron chi connectivity index (χ0n) is 11.2. The molecule has 1 aliphatic heterocycles. The van der Waals surface area contributed by atoms with Gasteiger partial charge in [-0.3, -0.25) is 9.54 Å². The van der Waals surface area contributed by atoms with E-state index in [9.17, 15) is 8.76 Å². The Bertz CT molecular complexity index is 644. The van der Waals surface area contributed by atoms with E-state index in [0.717, 1.165) is 16.5 Å². The fourth-order valence-electron chi connectivity index (χ4n) is 2.66. The lowest BCUT2D eigenvalue weighted by Gasteiger charge is -2.35. The maximum absolute atomic E-state index is 11.4. The van der Waals surface area contributed by atoms with Gasteiger partial charge >= 0.3 is 0 Å². The molecule has 5 nitrogen and oxygen atoms in total. The molecule has 1 saturated heterocycles. The topological polar surface area (TPSA) is 65.5 Å². The molecule has 0 amide bonds. The summed E-state index contributed by atoms with van der Waals surface area (Å²) in [6.45, 7) is 3.08. The molecule has 1 aliphatic rings. The normalized spacial score (nSPS) is 25.7. The van der Waals surface area contributed by atoms with Gasteiger partial charge in [0.1, 0.15) is 0 Å². The summed E-state index contributed by atoms with van der Waals surface area (Å²) in [5.74, 6) is 0. The molecule has 20 heavy (non-hydrogen) atoms. The Morgan fingerprint density at radius 1 is 1.40 bits per heavy atom. The number of hydrogen-bond donors (Lipinski definition) is 2. The van der Waals surface area contributed by atoms with Crippen molar-refractivity contribution in [1.82, 2.24) is 14.6 Å². The number of hydrogen-bond acceptors (Lipinski definition) is 3. The van der Waals surface area contributed by atoms with Crippen molar-refractivity contribution >= 4 is 22.0 Å². The third kappa shape index (κ3) is 2.47. The first-order valence-electron chi connectivity index (χ1n) is 6.61. The molecule has 106 valence electrons. The number of aromatic nitrogens is 1. The van der Waals surface area contributed by atoms with Gasteiger partial charge in [0, 0.05) is 30.7 Å². The maximum atomic E-state index is 11.4. The van der Waals surface area contributed by atoms with Crippen molar-refractivity contribution in [1.29, 1.82) is 0 Å². The van der Waals surface area contributed by atoms with Crippen LogP contribution in [0, 0.1) is 0 Å². The second-order valence-electron chi connectivity index (χ2n) is 5.06. The van der Waals surface area contributed by atoms with E-state index in [1.54, 1.807) is 10.5 Å². The van der Waals surface area contributed by atoms with Crippen molar-refractivity contribution in [3.8, 4) is 0 Å². The lowest BCUT2D eigenvalue weighted by Crippen LogP contribution is -2.51. The van der Waals surface area contributed by atoms with Crippen LogP contribution in [-0.2, 0) is 11.3 Å². The van der Waals surface area contributed by atoms with Crippen LogP contribution in [0.3, 0.4) is 0 Å². The van der Waals surface area contributed by atoms with Crippen LogP contribution in [0.2, 0.25) is 0 Å². The third-order valence-electron chi connectivity index (χ3n) is 3.75. The molecule has 1 unspecified atom stereocenters. The van der Waals surface area contributed by atoms with Crippen LogP contribution >= 0.6 is 0 Å². The molecule has 2 heterocycles. The molecule has 1 aromatic carbocycles. The molecule has 1 aromatic heterocycles. The molecule has 0 radical (unpaired) electrons. The minimum absolute atomic E-state index is 0.0339. The second-order valence-corrected chi connectivity index (χ2v) is 5.99. The number of benzene rings is 1. The smallest absolute Gasteiger partial charge is 0.234 e. The number of fused-ring (bicyclic) bond motifs is 1. The van der Waals surface area contributed by atoms with Gasteiger partial charge in [0.2, 0.25) is 11.3 Å². The van der Waals surface area contributed by atoms with Gasteiger partial charge in [-0.15, -0.1) is 0 Å². The van der Waals surface area contributed by atoms with Gasteiger partial charge in [-0.1, -0.05) is 24.3 Å². The Balaban J connectivity index is 1.97. The van der Waals surface area contributed by atoms with E-state index < -0.39 is 11.3 Å². The second kappa shape index (κ2) is 5.57. The highest BCUT2D eigenvalue weighted by Gasteiger charge is 2.30. The number of rotatable bonds is 2. The Kier molecular flexibility index (Phi) is 3.80. The fourth-order valence-corrected chi connectivity index (χ4v) is 3.32. The van der Waals surface area contributed by atoms with E-state index in [1.807, 2.05) is 37.3 Å². The Morgan fingerprint density at radius 3 is 3.00 bits per heavy atom. The minimum atomic E-state index is -1.94. The van der Waals surface area contributed by atoms with Crippen molar-refractivity contribution in [2.75, 3.05) is 13.1 Å². The minimum Gasteiger partial charge on any atom is -0.306 e. The van der Waals surface area contributed by atoms with Crippen LogP contribution in [0.4, 0.5) is 0 Å². The highest BCUT2D eigenvalue weighted by atomic mass is 32.2. The molecule has 3 rings (SSSR count). The van der Waals surface area contributed by atoms with Gasteiger partial charge in [-0.25, -0.2) is 4.21 Å². The summed E-state index contributed by atoms with van der Waals surface area (Å²) in [6.07, 6.45) is 1.79. The summed E-state index contributed by atoms with van der Waals surface area (Å²) < 4.78 is 22.4. The van der Waals surface area contributed by atoms with Gasteiger partial charge in [0.15, 0.2) is 0 Å². The van der Waals surface area contributed by atoms with E-state index in [-0.39, 0.29) is 12.1 Å². The summed E-state index contributed by atoms with van der Waals surface area (Å²) in [5.41, 5.74) is 0.936. The molecule has 2 aromatic rings. The Morgan fingerprint density at radius 2 is 2.20 bits per heavy atom. The van der Waals surface area contributed by atoms with Crippen molar-refractivity contribution in [2.24, 2.45) is 0 Å². The van der Waals surface area contributed by atoms with Crippen molar-refractivity contribution < 1.29 is 8.76 Å². The van der Waals surface area contributed by atoms with Crippen molar-refractivity contribution in [3.63, 3.8) is 0 Å². The molecule has 6 heteroatoms. The Hall–Kier alpha value is -1.34. The first-order chi connectivity index (χ1) is 9.66. The van der Waals surface area contributed by atoms with E-state index in [1.165, 1.54) is 0 Å². The van der Waals surface area contributed by atoms with Crippen LogP contribution in [0.15, 0.2) is 36.5 Å². The van der Waals surface area contributed by atoms with Gasteiger partial charge in [-0.05, 0) is 18.4 Å². The molecule has 2 N–H and O–H groups in total. The number of pyridine rings is 1. The van der Waals surface area contributed by atoms with Crippen LogP contribution < -0.4 is 5.32 Å². The van der Waals surface area contributed by atoms with Crippen LogP contribution in [-0.4, -0.2) is 37.2 Å². The Labute approximate surface area is 120 Å². The molecule has 0 spiro atoms. The molecule has 3 atom stereocenters. The summed E-state index contributed by atoms with van der Waals surface area (Å²) in [4.78, 5) is 4.48. The molecule has 0 bridgehead atoms. The first kappa shape index (κ1) is 13.6. The summed E-state index contributed by atoms with van der Waals surface area (Å²) >= 11 is -1.94. The predicted octanol–water partition coefficient (Wildman–Crippen LogP) is 1.71. The van der Waals surface area contributed by atoms with Gasteiger partial charge in [0.05, 0.1) is 11.7 Å². The van der Waals surface area contributed by atoms with Crippen LogP contribution in [0.5, 0.6) is 0 Å². The number of piperazine rings is 1. The largest absolute Gasteiger partial charge is 0.306 e. The molecule has 1 fully saturated rings. The standard InChI is InChI=1S/C14H17N3O2S/c1-10-8-16-13(9-17(10)20(18)19)14-12-5-3-2-4-11(12)6-7-15-14/h2-7,10,13,16H,8-9H2,1H3,(H,18,19)/t10-,13-/m0/s1. The SMILES string of the molecule is C[C@H]1CN[C@H](c2nccc3ccccc23)CN1S(=O)O. The van der Waals surface area contributed by atoms with E-state index in [0.29, 0.717) is 13.1 Å². The number of nitrogens with one attached hydrogen (secondary N) is 1. The lowest BCUT2D eigenvalue weighted by molar-refractivity contribution is 0.232. The summed E-state index contributed by atoms with van der Waals surface area (Å²) in [5, 5.41) is 5.63. The van der Waals surface area contributed by atoms with Crippen LogP contribution in [0.1, 0.15) is 18.7 Å². The molecular formula is C14H17N3O2S. The van der Waals surface area contributed by atoms with Gasteiger partial charge < -0.3 is 5.32 Å². The lowest BCUT2D eigenvalue weighted by atomic mass is 10.0. The highest BCUT2D eigenvalue weighted by molar-refractivity contribution is 7.76. The van der Waals surface area contributed by atoms with Crippen molar-refractivity contribution in [3.05, 3.63) is 42.2 Å². The van der Waals surface area contributed by atoms with E-state index in [4.69, 9.17) is 0 Å². The number of nitrogens with zero attached hydrogens (tertiary/aromatic N) is 2. The fraction of sp³-hybridized carbons (Fsp3) is 0.357. The average molecular weight is 291 g/mol. The maximum Gasteiger partial charge on any atom is 0.234 e. The zero-order chi connectivity index (χ0) is 14.1. The van der Waals surface area contributed by atoms with E-state index >= 15 is 0 Å².